The summed E-state index contributed by atoms with van der Waals surface area (Å²) in [6.07, 6.45) is 2.22. The van der Waals surface area contributed by atoms with Crippen molar-refractivity contribution in [2.75, 3.05) is 18.4 Å². The second-order valence-electron chi connectivity index (χ2n) is 7.90. The molecule has 2 aromatic carbocycles. The SMILES string of the molecule is CCc1ccc(NC(=O)C(=O)NC[C@H]2CCCN2S(=O)(=O)c2cc(C)ccc2C)cc1. The van der Waals surface area contributed by atoms with Crippen molar-refractivity contribution in [1.29, 1.82) is 0 Å². The number of aryl methyl sites for hydroxylation is 3. The molecule has 1 saturated heterocycles. The first-order valence-electron chi connectivity index (χ1n) is 10.5. The summed E-state index contributed by atoms with van der Waals surface area (Å²) in [5.41, 5.74) is 3.23. The summed E-state index contributed by atoms with van der Waals surface area (Å²) in [4.78, 5) is 24.8. The van der Waals surface area contributed by atoms with Crippen molar-refractivity contribution >= 4 is 27.5 Å². The van der Waals surface area contributed by atoms with Crippen LogP contribution in [0, 0.1) is 13.8 Å². The number of hydrogen-bond acceptors (Lipinski definition) is 4. The number of amides is 2. The normalized spacial score (nSPS) is 16.8. The molecule has 0 bridgehead atoms. The minimum absolute atomic E-state index is 0.0884. The first-order chi connectivity index (χ1) is 14.7. The Kier molecular flexibility index (Phi) is 7.12. The van der Waals surface area contributed by atoms with E-state index in [0.717, 1.165) is 17.5 Å². The van der Waals surface area contributed by atoms with E-state index in [0.29, 0.717) is 35.5 Å². The van der Waals surface area contributed by atoms with Crippen molar-refractivity contribution in [1.82, 2.24) is 9.62 Å². The van der Waals surface area contributed by atoms with Crippen molar-refractivity contribution in [3.8, 4) is 0 Å². The van der Waals surface area contributed by atoms with Crippen LogP contribution in [-0.2, 0) is 26.0 Å². The Morgan fingerprint density at radius 1 is 1.06 bits per heavy atom. The van der Waals surface area contributed by atoms with Crippen LogP contribution in [0.5, 0.6) is 0 Å². The van der Waals surface area contributed by atoms with Gasteiger partial charge in [-0.2, -0.15) is 4.31 Å². The topological polar surface area (TPSA) is 95.6 Å². The molecule has 1 aliphatic rings. The number of nitrogens with zero attached hydrogens (tertiary/aromatic N) is 1. The Morgan fingerprint density at radius 3 is 2.45 bits per heavy atom. The fourth-order valence-electron chi connectivity index (χ4n) is 3.74. The monoisotopic (exact) mass is 443 g/mol. The van der Waals surface area contributed by atoms with Crippen LogP contribution in [0.4, 0.5) is 5.69 Å². The first-order valence-corrected chi connectivity index (χ1v) is 11.9. The second-order valence-corrected chi connectivity index (χ2v) is 9.75. The van der Waals surface area contributed by atoms with E-state index < -0.39 is 21.8 Å². The van der Waals surface area contributed by atoms with Crippen LogP contribution < -0.4 is 10.6 Å². The van der Waals surface area contributed by atoms with Crippen LogP contribution >= 0.6 is 0 Å². The van der Waals surface area contributed by atoms with Crippen LogP contribution in [0.15, 0.2) is 47.4 Å². The number of sulfonamides is 1. The number of hydrogen-bond donors (Lipinski definition) is 2. The van der Waals surface area contributed by atoms with E-state index in [1.165, 1.54) is 4.31 Å². The van der Waals surface area contributed by atoms with Gasteiger partial charge in [-0.1, -0.05) is 31.2 Å². The van der Waals surface area contributed by atoms with Crippen molar-refractivity contribution in [2.45, 2.75) is 51.0 Å². The summed E-state index contributed by atoms with van der Waals surface area (Å²) in [7, 11) is -3.68. The number of carbonyl (C=O) groups excluding carboxylic acids is 2. The first kappa shape index (κ1) is 23.0. The lowest BCUT2D eigenvalue weighted by Gasteiger charge is -2.25. The van der Waals surface area contributed by atoms with Gasteiger partial charge in [-0.05, 0) is 68.0 Å². The lowest BCUT2D eigenvalue weighted by molar-refractivity contribution is -0.136. The fourth-order valence-corrected chi connectivity index (χ4v) is 5.75. The zero-order valence-electron chi connectivity index (χ0n) is 18.1. The summed E-state index contributed by atoms with van der Waals surface area (Å²) in [5.74, 6) is -1.55. The van der Waals surface area contributed by atoms with E-state index in [2.05, 4.69) is 10.6 Å². The Labute approximate surface area is 183 Å². The third kappa shape index (κ3) is 5.32. The highest BCUT2D eigenvalue weighted by atomic mass is 32.2. The van der Waals surface area contributed by atoms with E-state index in [1.54, 1.807) is 31.2 Å². The van der Waals surface area contributed by atoms with E-state index in [1.807, 2.05) is 32.0 Å². The smallest absolute Gasteiger partial charge is 0.313 e. The summed E-state index contributed by atoms with van der Waals surface area (Å²) in [5, 5.41) is 5.16. The highest BCUT2D eigenvalue weighted by Crippen LogP contribution is 2.28. The van der Waals surface area contributed by atoms with Crippen molar-refractivity contribution in [3.63, 3.8) is 0 Å². The molecule has 7 nitrogen and oxygen atoms in total. The Morgan fingerprint density at radius 2 is 1.77 bits per heavy atom. The van der Waals surface area contributed by atoms with E-state index in [9.17, 15) is 18.0 Å². The number of anilines is 1. The number of carbonyl (C=O) groups is 2. The van der Waals surface area contributed by atoms with E-state index in [4.69, 9.17) is 0 Å². The summed E-state index contributed by atoms with van der Waals surface area (Å²) < 4.78 is 27.9. The van der Waals surface area contributed by atoms with Crippen molar-refractivity contribution < 1.29 is 18.0 Å². The zero-order chi connectivity index (χ0) is 22.6. The van der Waals surface area contributed by atoms with Gasteiger partial charge in [-0.3, -0.25) is 9.59 Å². The predicted octanol–water partition coefficient (Wildman–Crippen LogP) is 2.77. The van der Waals surface area contributed by atoms with E-state index >= 15 is 0 Å². The molecule has 1 heterocycles. The molecule has 166 valence electrons. The van der Waals surface area contributed by atoms with Gasteiger partial charge in [-0.25, -0.2) is 8.42 Å². The molecule has 31 heavy (non-hydrogen) atoms. The molecule has 2 aromatic rings. The van der Waals surface area contributed by atoms with Gasteiger partial charge < -0.3 is 10.6 Å². The molecule has 0 spiro atoms. The van der Waals surface area contributed by atoms with Crippen LogP contribution in [-0.4, -0.2) is 43.7 Å². The van der Waals surface area contributed by atoms with Gasteiger partial charge in [-0.15, -0.1) is 0 Å². The molecule has 3 rings (SSSR count). The van der Waals surface area contributed by atoms with E-state index in [-0.39, 0.29) is 12.6 Å². The van der Waals surface area contributed by atoms with Gasteiger partial charge in [0.15, 0.2) is 0 Å². The Bertz CT molecular complexity index is 1060. The van der Waals surface area contributed by atoms with Gasteiger partial charge in [0.2, 0.25) is 10.0 Å². The lowest BCUT2D eigenvalue weighted by atomic mass is 10.1. The Balaban J connectivity index is 1.63. The molecule has 1 aliphatic heterocycles. The third-order valence-electron chi connectivity index (χ3n) is 5.58. The summed E-state index contributed by atoms with van der Waals surface area (Å²) in [6.45, 7) is 6.15. The molecule has 0 radical (unpaired) electrons. The quantitative estimate of drug-likeness (QED) is 0.671. The number of benzene rings is 2. The minimum atomic E-state index is -3.68. The maximum atomic E-state index is 13.2. The highest BCUT2D eigenvalue weighted by Gasteiger charge is 2.36. The highest BCUT2D eigenvalue weighted by molar-refractivity contribution is 7.89. The van der Waals surface area contributed by atoms with Crippen LogP contribution in [0.2, 0.25) is 0 Å². The molecule has 0 saturated carbocycles. The van der Waals surface area contributed by atoms with Crippen molar-refractivity contribution in [2.24, 2.45) is 0 Å². The molecular weight excluding hydrogens is 414 g/mol. The molecule has 8 heteroatoms. The molecule has 2 amide bonds. The number of nitrogens with one attached hydrogen (secondary N) is 2. The van der Waals surface area contributed by atoms with Gasteiger partial charge in [0, 0.05) is 24.8 Å². The van der Waals surface area contributed by atoms with Gasteiger partial charge in [0.05, 0.1) is 4.90 Å². The average Bonchev–Trinajstić information content (AvgIpc) is 3.23. The maximum Gasteiger partial charge on any atom is 0.313 e. The molecule has 0 unspecified atom stereocenters. The summed E-state index contributed by atoms with van der Waals surface area (Å²) >= 11 is 0. The van der Waals surface area contributed by atoms with Crippen LogP contribution in [0.25, 0.3) is 0 Å². The fraction of sp³-hybridized carbons (Fsp3) is 0.391. The van der Waals surface area contributed by atoms with Crippen molar-refractivity contribution in [3.05, 3.63) is 59.2 Å². The minimum Gasteiger partial charge on any atom is -0.346 e. The largest absolute Gasteiger partial charge is 0.346 e. The maximum absolute atomic E-state index is 13.2. The van der Waals surface area contributed by atoms with Crippen LogP contribution in [0.3, 0.4) is 0 Å². The molecule has 2 N–H and O–H groups in total. The molecule has 0 aliphatic carbocycles. The lowest BCUT2D eigenvalue weighted by Crippen LogP contribution is -2.45. The molecule has 1 fully saturated rings. The van der Waals surface area contributed by atoms with Crippen LogP contribution in [0.1, 0.15) is 36.5 Å². The standard InChI is InChI=1S/C23H29N3O4S/c1-4-18-9-11-19(12-10-18)25-23(28)22(27)24-15-20-6-5-13-26(20)31(29,30)21-14-16(2)7-8-17(21)3/h7-12,14,20H,4-6,13,15H2,1-3H3,(H,24,27)(H,25,28)/t20-/m1/s1. The van der Waals surface area contributed by atoms with Gasteiger partial charge in [0.25, 0.3) is 0 Å². The molecule has 1 atom stereocenters. The average molecular weight is 444 g/mol. The third-order valence-corrected chi connectivity index (χ3v) is 7.67. The number of rotatable bonds is 6. The van der Waals surface area contributed by atoms with Gasteiger partial charge >= 0.3 is 11.8 Å². The predicted molar refractivity (Wildman–Crippen MR) is 120 cm³/mol. The second kappa shape index (κ2) is 9.62. The molecule has 0 aromatic heterocycles. The summed E-state index contributed by atoms with van der Waals surface area (Å²) in [6, 6.07) is 12.3. The Hall–Kier alpha value is -2.71. The van der Waals surface area contributed by atoms with Gasteiger partial charge in [0.1, 0.15) is 0 Å². The molecular formula is C23H29N3O4S. The zero-order valence-corrected chi connectivity index (χ0v) is 19.0.